The second kappa shape index (κ2) is 27.6. The zero-order valence-electron chi connectivity index (χ0n) is 38.7. The van der Waals surface area contributed by atoms with Gasteiger partial charge in [-0.05, 0) is 76.3 Å². The second-order valence-corrected chi connectivity index (χ2v) is 18.0. The van der Waals surface area contributed by atoms with E-state index in [4.69, 9.17) is 34.2 Å². The standard InChI is InChI=1S/C45H78N6O11/c1-31(2)35(28-37(44(56)62-45(5,6)7)38(52)29-36(32(3)4)42(54)48-14-16-51-19-25-59-26-20-51)41(46)49-43(55)34-12-11-33(27-39(34)60-22-10-9-21-57-8)61-30-40(53)47-13-15-50-17-23-58-24-18-50/h11-12,27,31-32,35-38,41,52H,9-10,13-26,28-30,46H2,1-8H3,(H,47,53)(H,48,54)(H,49,55)/t35-,36-,37-,38-,41?/m0/s1. The predicted molar refractivity (Wildman–Crippen MR) is 236 cm³/mol. The van der Waals surface area contributed by atoms with Gasteiger partial charge in [0.05, 0.1) is 56.8 Å². The predicted octanol–water partition coefficient (Wildman–Crippen LogP) is 2.43. The molecule has 6 N–H and O–H groups in total. The van der Waals surface area contributed by atoms with Crippen molar-refractivity contribution in [2.24, 2.45) is 35.3 Å². The van der Waals surface area contributed by atoms with Gasteiger partial charge in [-0.15, -0.1) is 0 Å². The number of aliphatic hydroxyl groups is 1. The lowest BCUT2D eigenvalue weighted by Crippen LogP contribution is -2.50. The van der Waals surface area contributed by atoms with E-state index in [1.165, 1.54) is 0 Å². The number of carbonyl (C=O) groups excluding carboxylic acids is 4. The molecule has 2 aliphatic heterocycles. The molecule has 17 nitrogen and oxygen atoms in total. The summed E-state index contributed by atoms with van der Waals surface area (Å²) in [5.74, 6) is -3.32. The SMILES string of the molecule is COCCCCOc1cc(OCC(=O)NCCN2CCOCC2)ccc1C(=O)NC(N)[C@@H](C[C@H](C(=O)OC(C)(C)C)[C@@H](O)C[C@H](C(=O)NCCN1CCOCC1)C(C)C)C(C)C. The maximum atomic E-state index is 14.0. The van der Waals surface area contributed by atoms with Gasteiger partial charge in [-0.1, -0.05) is 27.7 Å². The lowest BCUT2D eigenvalue weighted by atomic mass is 9.78. The van der Waals surface area contributed by atoms with Gasteiger partial charge in [-0.3, -0.25) is 29.0 Å². The number of benzene rings is 1. The molecule has 0 saturated carbocycles. The van der Waals surface area contributed by atoms with Crippen LogP contribution in [-0.2, 0) is 33.3 Å². The summed E-state index contributed by atoms with van der Waals surface area (Å²) in [7, 11) is 1.63. The van der Waals surface area contributed by atoms with E-state index in [0.717, 1.165) is 39.1 Å². The molecular formula is C45H78N6O11. The molecule has 2 saturated heterocycles. The number of ether oxygens (including phenoxy) is 6. The monoisotopic (exact) mass is 879 g/mol. The average molecular weight is 879 g/mol. The summed E-state index contributed by atoms with van der Waals surface area (Å²) in [6.07, 6.45) is -0.639. The van der Waals surface area contributed by atoms with E-state index < -0.39 is 47.5 Å². The van der Waals surface area contributed by atoms with E-state index in [9.17, 15) is 24.3 Å². The van der Waals surface area contributed by atoms with Gasteiger partial charge in [0.15, 0.2) is 6.61 Å². The van der Waals surface area contributed by atoms with Gasteiger partial charge in [0.2, 0.25) is 5.91 Å². The number of unbranched alkanes of at least 4 members (excludes halogenated alkanes) is 1. The van der Waals surface area contributed by atoms with Crippen molar-refractivity contribution in [2.75, 3.05) is 106 Å². The summed E-state index contributed by atoms with van der Waals surface area (Å²) in [5.41, 5.74) is 6.15. The number of methoxy groups -OCH3 is 1. The van der Waals surface area contributed by atoms with E-state index in [0.29, 0.717) is 71.4 Å². The molecule has 2 fully saturated rings. The number of rotatable bonds is 27. The summed E-state index contributed by atoms with van der Waals surface area (Å²) in [6, 6.07) is 4.74. The fourth-order valence-corrected chi connectivity index (χ4v) is 7.46. The highest BCUT2D eigenvalue weighted by atomic mass is 16.6. The molecule has 17 heteroatoms. The highest BCUT2D eigenvalue weighted by Gasteiger charge is 2.39. The Bertz CT molecular complexity index is 1500. The molecule has 1 aromatic carbocycles. The first kappa shape index (κ1) is 52.8. The Kier molecular flexibility index (Phi) is 23.5. The van der Waals surface area contributed by atoms with Gasteiger partial charge in [-0.25, -0.2) is 0 Å². The van der Waals surface area contributed by atoms with Crippen LogP contribution in [0.1, 0.15) is 84.5 Å². The molecule has 3 rings (SSSR count). The van der Waals surface area contributed by atoms with Crippen LogP contribution in [0.3, 0.4) is 0 Å². The topological polar surface area (TPSA) is 212 Å². The lowest BCUT2D eigenvalue weighted by molar-refractivity contribution is -0.166. The van der Waals surface area contributed by atoms with E-state index in [2.05, 4.69) is 25.8 Å². The first-order valence-electron chi connectivity index (χ1n) is 22.5. The van der Waals surface area contributed by atoms with Crippen LogP contribution in [0, 0.1) is 29.6 Å². The van der Waals surface area contributed by atoms with Crippen LogP contribution in [-0.4, -0.2) is 162 Å². The van der Waals surface area contributed by atoms with Gasteiger partial charge in [-0.2, -0.15) is 0 Å². The maximum Gasteiger partial charge on any atom is 0.312 e. The van der Waals surface area contributed by atoms with Crippen molar-refractivity contribution in [3.8, 4) is 11.5 Å². The fourth-order valence-electron chi connectivity index (χ4n) is 7.46. The van der Waals surface area contributed by atoms with Crippen molar-refractivity contribution < 1.29 is 52.7 Å². The van der Waals surface area contributed by atoms with Crippen molar-refractivity contribution in [1.29, 1.82) is 0 Å². The number of morpholine rings is 2. The third kappa shape index (κ3) is 19.4. The Hall–Kier alpha value is -3.58. The normalized spacial score (nSPS) is 17.7. The Morgan fingerprint density at radius 1 is 0.823 bits per heavy atom. The molecular weight excluding hydrogens is 801 g/mol. The van der Waals surface area contributed by atoms with Gasteiger partial charge in [0.25, 0.3) is 11.8 Å². The molecule has 0 aromatic heterocycles. The van der Waals surface area contributed by atoms with E-state index in [-0.39, 0.29) is 54.4 Å². The van der Waals surface area contributed by atoms with Crippen LogP contribution in [0.2, 0.25) is 0 Å². The number of amides is 3. The molecule has 0 spiro atoms. The van der Waals surface area contributed by atoms with Crippen molar-refractivity contribution in [2.45, 2.75) is 92.0 Å². The second-order valence-electron chi connectivity index (χ2n) is 18.0. The van der Waals surface area contributed by atoms with Crippen molar-refractivity contribution in [1.82, 2.24) is 25.8 Å². The number of nitrogens with two attached hydrogens (primary N) is 1. The minimum Gasteiger partial charge on any atom is -0.493 e. The van der Waals surface area contributed by atoms with Crippen molar-refractivity contribution in [3.05, 3.63) is 23.8 Å². The largest absolute Gasteiger partial charge is 0.493 e. The highest BCUT2D eigenvalue weighted by molar-refractivity contribution is 5.97. The Morgan fingerprint density at radius 3 is 1.98 bits per heavy atom. The maximum absolute atomic E-state index is 14.0. The van der Waals surface area contributed by atoms with E-state index in [1.807, 2.05) is 27.7 Å². The molecule has 1 aromatic rings. The highest BCUT2D eigenvalue weighted by Crippen LogP contribution is 2.32. The van der Waals surface area contributed by atoms with Crippen LogP contribution in [0.15, 0.2) is 18.2 Å². The molecule has 1 unspecified atom stereocenters. The summed E-state index contributed by atoms with van der Waals surface area (Å²) in [4.78, 5) is 58.4. The van der Waals surface area contributed by atoms with Gasteiger partial charge in [0, 0.05) is 78.1 Å². The molecule has 0 bridgehead atoms. The van der Waals surface area contributed by atoms with Gasteiger partial charge in [0.1, 0.15) is 17.1 Å². The molecule has 0 radical (unpaired) electrons. The van der Waals surface area contributed by atoms with Crippen LogP contribution >= 0.6 is 0 Å². The number of hydrogen-bond acceptors (Lipinski definition) is 14. The molecule has 62 heavy (non-hydrogen) atoms. The van der Waals surface area contributed by atoms with Crippen molar-refractivity contribution in [3.63, 3.8) is 0 Å². The molecule has 3 amide bonds. The average Bonchev–Trinajstić information content (AvgIpc) is 3.21. The zero-order chi connectivity index (χ0) is 45.7. The van der Waals surface area contributed by atoms with E-state index in [1.54, 1.807) is 46.1 Å². The fraction of sp³-hybridized carbons (Fsp3) is 0.778. The summed E-state index contributed by atoms with van der Waals surface area (Å²) in [6.45, 7) is 22.0. The van der Waals surface area contributed by atoms with Crippen LogP contribution in [0.25, 0.3) is 0 Å². The Balaban J connectivity index is 1.73. The minimum atomic E-state index is -1.23. The van der Waals surface area contributed by atoms with Crippen molar-refractivity contribution >= 4 is 23.7 Å². The first-order chi connectivity index (χ1) is 29.5. The molecule has 354 valence electrons. The van der Waals surface area contributed by atoms with E-state index >= 15 is 0 Å². The molecule has 2 aliphatic rings. The smallest absolute Gasteiger partial charge is 0.312 e. The summed E-state index contributed by atoms with van der Waals surface area (Å²) < 4.78 is 33.7. The Morgan fingerprint density at radius 2 is 1.42 bits per heavy atom. The van der Waals surface area contributed by atoms with Crippen LogP contribution < -0.4 is 31.2 Å². The number of hydrogen-bond donors (Lipinski definition) is 5. The number of carbonyl (C=O) groups is 4. The number of esters is 1. The van der Waals surface area contributed by atoms with Crippen LogP contribution in [0.5, 0.6) is 11.5 Å². The van der Waals surface area contributed by atoms with Crippen LogP contribution in [0.4, 0.5) is 0 Å². The summed E-state index contributed by atoms with van der Waals surface area (Å²) in [5, 5.41) is 20.7. The third-order valence-corrected chi connectivity index (χ3v) is 11.2. The summed E-state index contributed by atoms with van der Waals surface area (Å²) >= 11 is 0. The number of nitrogens with zero attached hydrogens (tertiary/aromatic N) is 2. The first-order valence-corrected chi connectivity index (χ1v) is 22.5. The molecule has 0 aliphatic carbocycles. The molecule has 5 atom stereocenters. The number of aliphatic hydroxyl groups excluding tert-OH is 1. The Labute approximate surface area is 369 Å². The van der Waals surface area contributed by atoms with Gasteiger partial charge < -0.3 is 55.2 Å². The zero-order valence-corrected chi connectivity index (χ0v) is 38.7. The lowest BCUT2D eigenvalue weighted by Gasteiger charge is -2.35. The minimum absolute atomic E-state index is 0.0347. The third-order valence-electron chi connectivity index (χ3n) is 11.2. The van der Waals surface area contributed by atoms with Gasteiger partial charge >= 0.3 is 5.97 Å². The quantitative estimate of drug-likeness (QED) is 0.0489. The number of nitrogens with one attached hydrogen (secondary N) is 3. The molecule has 2 heterocycles.